The highest BCUT2D eigenvalue weighted by molar-refractivity contribution is 5.93. The van der Waals surface area contributed by atoms with E-state index in [1.807, 2.05) is 24.3 Å². The number of rotatable bonds is 9. The van der Waals surface area contributed by atoms with Gasteiger partial charge in [-0.25, -0.2) is 0 Å². The van der Waals surface area contributed by atoms with Crippen LogP contribution in [0.15, 0.2) is 24.3 Å². The van der Waals surface area contributed by atoms with Crippen LogP contribution in [0, 0.1) is 0 Å². The Bertz CT molecular complexity index is 583. The minimum Gasteiger partial charge on any atom is -0.355 e. The van der Waals surface area contributed by atoms with Crippen molar-refractivity contribution in [1.29, 1.82) is 0 Å². The summed E-state index contributed by atoms with van der Waals surface area (Å²) in [6, 6.07) is 7.93. The van der Waals surface area contributed by atoms with Gasteiger partial charge in [0.1, 0.15) is 0 Å². The van der Waals surface area contributed by atoms with Crippen LogP contribution in [-0.4, -0.2) is 67.4 Å². The second-order valence-electron chi connectivity index (χ2n) is 6.81. The van der Waals surface area contributed by atoms with E-state index in [0.29, 0.717) is 13.1 Å². The summed E-state index contributed by atoms with van der Waals surface area (Å²) in [5, 5.41) is 5.98. The molecule has 144 valence electrons. The van der Waals surface area contributed by atoms with Gasteiger partial charge in [-0.3, -0.25) is 19.4 Å². The molecule has 0 atom stereocenters. The third-order valence-electron chi connectivity index (χ3n) is 4.72. The highest BCUT2D eigenvalue weighted by Gasteiger charge is 2.20. The maximum atomic E-state index is 12.3. The number of nitrogens with one attached hydrogen (secondary N) is 2. The first kappa shape index (κ1) is 20.4. The van der Waals surface area contributed by atoms with Crippen molar-refractivity contribution in [2.24, 2.45) is 0 Å². The number of carbonyl (C=O) groups is 2. The molecule has 1 aliphatic rings. The highest BCUT2D eigenvalue weighted by atomic mass is 16.2. The van der Waals surface area contributed by atoms with Crippen LogP contribution < -0.4 is 10.6 Å². The molecule has 1 aromatic rings. The third kappa shape index (κ3) is 6.77. The van der Waals surface area contributed by atoms with E-state index in [0.717, 1.165) is 63.2 Å². The van der Waals surface area contributed by atoms with Crippen molar-refractivity contribution >= 4 is 17.5 Å². The van der Waals surface area contributed by atoms with Crippen LogP contribution in [-0.2, 0) is 16.0 Å². The Kier molecular flexibility index (Phi) is 8.58. The Morgan fingerprint density at radius 1 is 0.962 bits per heavy atom. The average molecular weight is 361 g/mol. The van der Waals surface area contributed by atoms with E-state index in [4.69, 9.17) is 0 Å². The molecule has 2 rings (SSSR count). The summed E-state index contributed by atoms with van der Waals surface area (Å²) in [4.78, 5) is 28.5. The molecule has 0 bridgehead atoms. The third-order valence-corrected chi connectivity index (χ3v) is 4.72. The molecule has 0 spiro atoms. The van der Waals surface area contributed by atoms with Crippen molar-refractivity contribution in [3.05, 3.63) is 29.8 Å². The van der Waals surface area contributed by atoms with Crippen LogP contribution in [0.5, 0.6) is 0 Å². The lowest BCUT2D eigenvalue weighted by Gasteiger charge is -2.33. The monoisotopic (exact) mass is 360 g/mol. The number of hydrogen-bond donors (Lipinski definition) is 2. The number of nitrogens with zero attached hydrogens (tertiary/aromatic N) is 2. The van der Waals surface area contributed by atoms with E-state index < -0.39 is 0 Å². The molecule has 0 radical (unpaired) electrons. The van der Waals surface area contributed by atoms with Gasteiger partial charge in [0.25, 0.3) is 0 Å². The van der Waals surface area contributed by atoms with Gasteiger partial charge >= 0.3 is 0 Å². The number of benzene rings is 1. The molecule has 0 aliphatic carbocycles. The number of anilines is 1. The summed E-state index contributed by atoms with van der Waals surface area (Å²) < 4.78 is 0. The predicted octanol–water partition coefficient (Wildman–Crippen LogP) is 1.72. The Hall–Kier alpha value is -1.92. The molecule has 0 saturated carbocycles. The fourth-order valence-corrected chi connectivity index (χ4v) is 3.11. The van der Waals surface area contributed by atoms with Crippen LogP contribution in [0.1, 0.15) is 32.3 Å². The predicted molar refractivity (Wildman–Crippen MR) is 105 cm³/mol. The number of unbranched alkanes of at least 4 members (excludes halogenated alkanes) is 1. The first-order valence-electron chi connectivity index (χ1n) is 9.71. The van der Waals surface area contributed by atoms with Crippen molar-refractivity contribution in [2.75, 3.05) is 51.1 Å². The minimum atomic E-state index is 0.0247. The maximum absolute atomic E-state index is 12.3. The summed E-state index contributed by atoms with van der Waals surface area (Å²) in [7, 11) is 0. The van der Waals surface area contributed by atoms with Crippen molar-refractivity contribution in [3.63, 3.8) is 0 Å². The molecule has 0 aromatic heterocycles. The van der Waals surface area contributed by atoms with Gasteiger partial charge in [-0.1, -0.05) is 38.5 Å². The highest BCUT2D eigenvalue weighted by Crippen LogP contribution is 2.15. The first-order chi connectivity index (χ1) is 12.6. The number of amides is 2. The van der Waals surface area contributed by atoms with Gasteiger partial charge < -0.3 is 10.6 Å². The van der Waals surface area contributed by atoms with Crippen molar-refractivity contribution < 1.29 is 9.59 Å². The van der Waals surface area contributed by atoms with E-state index in [1.54, 1.807) is 0 Å². The Morgan fingerprint density at radius 3 is 2.19 bits per heavy atom. The molecule has 2 N–H and O–H groups in total. The number of hydrogen-bond acceptors (Lipinski definition) is 4. The zero-order valence-electron chi connectivity index (χ0n) is 16.1. The molecule has 1 saturated heterocycles. The number of carbonyl (C=O) groups excluding carboxylic acids is 2. The molecule has 6 heteroatoms. The van der Waals surface area contributed by atoms with Crippen molar-refractivity contribution in [2.45, 2.75) is 33.1 Å². The molecular weight excluding hydrogens is 328 g/mol. The van der Waals surface area contributed by atoms with Crippen LogP contribution in [0.3, 0.4) is 0 Å². The average Bonchev–Trinajstić information content (AvgIpc) is 2.64. The molecule has 2 amide bonds. The fourth-order valence-electron chi connectivity index (χ4n) is 3.11. The standard InChI is InChI=1S/C20H32N4O2/c1-3-5-10-21-19(25)15-23-11-13-24(14-12-23)16-20(26)22-18-9-7-6-8-17(18)4-2/h6-9H,3-5,10-16H2,1-2H3,(H,21,25)(H,22,26). The summed E-state index contributed by atoms with van der Waals surface area (Å²) in [6.45, 7) is 9.07. The molecule has 0 unspecified atom stereocenters. The lowest BCUT2D eigenvalue weighted by atomic mass is 10.1. The normalized spacial score (nSPS) is 15.6. The van der Waals surface area contributed by atoms with Crippen LogP contribution >= 0.6 is 0 Å². The summed E-state index contributed by atoms with van der Waals surface area (Å²) >= 11 is 0. The SMILES string of the molecule is CCCCNC(=O)CN1CCN(CC(=O)Nc2ccccc2CC)CC1. The maximum Gasteiger partial charge on any atom is 0.238 e. The molecular formula is C20H32N4O2. The van der Waals surface area contributed by atoms with Crippen molar-refractivity contribution in [1.82, 2.24) is 15.1 Å². The molecule has 1 fully saturated rings. The smallest absolute Gasteiger partial charge is 0.238 e. The van der Waals surface area contributed by atoms with E-state index >= 15 is 0 Å². The van der Waals surface area contributed by atoms with Gasteiger partial charge in [0.05, 0.1) is 13.1 Å². The molecule has 26 heavy (non-hydrogen) atoms. The zero-order valence-corrected chi connectivity index (χ0v) is 16.1. The zero-order chi connectivity index (χ0) is 18.8. The second-order valence-corrected chi connectivity index (χ2v) is 6.81. The lowest BCUT2D eigenvalue weighted by Crippen LogP contribution is -2.51. The summed E-state index contributed by atoms with van der Waals surface area (Å²) in [6.07, 6.45) is 3.01. The van der Waals surface area contributed by atoms with Crippen LogP contribution in [0.4, 0.5) is 5.69 Å². The van der Waals surface area contributed by atoms with Gasteiger partial charge in [-0.2, -0.15) is 0 Å². The van der Waals surface area contributed by atoms with Crippen LogP contribution in [0.25, 0.3) is 0 Å². The Labute approximate surface area is 156 Å². The molecule has 1 heterocycles. The van der Waals surface area contributed by atoms with Gasteiger partial charge in [-0.05, 0) is 24.5 Å². The van der Waals surface area contributed by atoms with Crippen LogP contribution in [0.2, 0.25) is 0 Å². The number of aryl methyl sites for hydroxylation is 1. The van der Waals surface area contributed by atoms with Gasteiger partial charge in [0.15, 0.2) is 0 Å². The molecule has 6 nitrogen and oxygen atoms in total. The van der Waals surface area contributed by atoms with Gasteiger partial charge in [0, 0.05) is 38.4 Å². The molecule has 1 aromatic carbocycles. The lowest BCUT2D eigenvalue weighted by molar-refractivity contribution is -0.123. The van der Waals surface area contributed by atoms with Gasteiger partial charge in [-0.15, -0.1) is 0 Å². The topological polar surface area (TPSA) is 64.7 Å². The Morgan fingerprint density at radius 2 is 1.58 bits per heavy atom. The van der Waals surface area contributed by atoms with E-state index in [9.17, 15) is 9.59 Å². The summed E-state index contributed by atoms with van der Waals surface area (Å²) in [5.74, 6) is 0.123. The number of para-hydroxylation sites is 1. The summed E-state index contributed by atoms with van der Waals surface area (Å²) in [5.41, 5.74) is 2.06. The fraction of sp³-hybridized carbons (Fsp3) is 0.600. The minimum absolute atomic E-state index is 0.0247. The quantitative estimate of drug-likeness (QED) is 0.658. The largest absolute Gasteiger partial charge is 0.355 e. The second kappa shape index (κ2) is 10.9. The molecule has 1 aliphatic heterocycles. The van der Waals surface area contributed by atoms with Gasteiger partial charge in [0.2, 0.25) is 11.8 Å². The number of piperazine rings is 1. The van der Waals surface area contributed by atoms with E-state index in [-0.39, 0.29) is 11.8 Å². The van der Waals surface area contributed by atoms with E-state index in [1.165, 1.54) is 0 Å². The van der Waals surface area contributed by atoms with E-state index in [2.05, 4.69) is 34.3 Å². The Balaban J connectivity index is 1.69. The van der Waals surface area contributed by atoms with Crippen molar-refractivity contribution in [3.8, 4) is 0 Å². The first-order valence-corrected chi connectivity index (χ1v) is 9.71.